The lowest BCUT2D eigenvalue weighted by molar-refractivity contribution is -0.123. The van der Waals surface area contributed by atoms with Crippen molar-refractivity contribution in [3.8, 4) is 11.3 Å². The summed E-state index contributed by atoms with van der Waals surface area (Å²) >= 11 is 5.89. The highest BCUT2D eigenvalue weighted by atomic mass is 35.5. The summed E-state index contributed by atoms with van der Waals surface area (Å²) in [6.07, 6.45) is 6.09. The van der Waals surface area contributed by atoms with Crippen LogP contribution in [-0.2, 0) is 4.79 Å². The molecule has 1 aromatic heterocycles. The predicted molar refractivity (Wildman–Crippen MR) is 105 cm³/mol. The first kappa shape index (κ1) is 18.7. The highest BCUT2D eigenvalue weighted by molar-refractivity contribution is 6.33. The highest BCUT2D eigenvalue weighted by Gasteiger charge is 2.64. The molecule has 4 rings (SSSR count). The number of fused-ring (bicyclic) bond motifs is 1. The molecule has 6 nitrogen and oxygen atoms in total. The minimum atomic E-state index is -1.10. The third-order valence-electron chi connectivity index (χ3n) is 6.09. The summed E-state index contributed by atoms with van der Waals surface area (Å²) in [4.78, 5) is 23.6. The van der Waals surface area contributed by atoms with Gasteiger partial charge in [-0.25, -0.2) is 10.2 Å². The van der Waals surface area contributed by atoms with Crippen molar-refractivity contribution in [3.05, 3.63) is 46.7 Å². The summed E-state index contributed by atoms with van der Waals surface area (Å²) in [7, 11) is 0. The van der Waals surface area contributed by atoms with Crippen molar-refractivity contribution < 1.29 is 19.1 Å². The van der Waals surface area contributed by atoms with Crippen LogP contribution in [0.2, 0.25) is 5.02 Å². The van der Waals surface area contributed by atoms with Crippen LogP contribution in [-0.4, -0.2) is 23.2 Å². The lowest BCUT2D eigenvalue weighted by Gasteiger charge is -2.15. The van der Waals surface area contributed by atoms with Gasteiger partial charge in [-0.3, -0.25) is 4.79 Å². The summed E-state index contributed by atoms with van der Waals surface area (Å²) in [5, 5.41) is 13.4. The van der Waals surface area contributed by atoms with E-state index in [-0.39, 0.29) is 27.8 Å². The Kier molecular flexibility index (Phi) is 4.75. The second kappa shape index (κ2) is 7.09. The summed E-state index contributed by atoms with van der Waals surface area (Å²) in [6.45, 7) is 2.20. The molecule has 7 heteroatoms. The van der Waals surface area contributed by atoms with Crippen molar-refractivity contribution in [1.29, 1.82) is 0 Å². The monoisotopic (exact) mass is 400 g/mol. The van der Waals surface area contributed by atoms with E-state index in [0.29, 0.717) is 23.0 Å². The Bertz CT molecular complexity index is 967. The van der Waals surface area contributed by atoms with Gasteiger partial charge in [-0.15, -0.1) is 0 Å². The van der Waals surface area contributed by atoms with Gasteiger partial charge in [0.2, 0.25) is 5.91 Å². The summed E-state index contributed by atoms with van der Waals surface area (Å²) < 4.78 is 5.68. The number of hydrazone groups is 1. The van der Waals surface area contributed by atoms with Crippen LogP contribution in [0.1, 0.15) is 48.7 Å². The van der Waals surface area contributed by atoms with Crippen molar-refractivity contribution in [2.75, 3.05) is 0 Å². The molecule has 2 aliphatic rings. The van der Waals surface area contributed by atoms with Crippen LogP contribution in [0.4, 0.5) is 0 Å². The zero-order chi connectivity index (χ0) is 19.9. The number of hydrogen-bond donors (Lipinski definition) is 2. The van der Waals surface area contributed by atoms with E-state index < -0.39 is 5.97 Å². The summed E-state index contributed by atoms with van der Waals surface area (Å²) in [6, 6.07) is 8.09. The normalized spacial score (nSPS) is 26.1. The van der Waals surface area contributed by atoms with Crippen LogP contribution >= 0.6 is 11.6 Å². The fourth-order valence-corrected chi connectivity index (χ4v) is 4.70. The molecule has 146 valence electrons. The number of halogens is 1. The third-order valence-corrected chi connectivity index (χ3v) is 6.42. The molecule has 0 bridgehead atoms. The minimum Gasteiger partial charge on any atom is -0.478 e. The first-order valence-electron chi connectivity index (χ1n) is 9.36. The molecule has 0 spiro atoms. The van der Waals surface area contributed by atoms with E-state index in [1.807, 2.05) is 0 Å². The molecule has 0 radical (unpaired) electrons. The average Bonchev–Trinajstić information content (AvgIpc) is 3.02. The lowest BCUT2D eigenvalue weighted by Crippen LogP contribution is -2.22. The van der Waals surface area contributed by atoms with Crippen LogP contribution in [0.15, 0.2) is 39.9 Å². The quantitative estimate of drug-likeness (QED) is 0.567. The van der Waals surface area contributed by atoms with Gasteiger partial charge in [-0.1, -0.05) is 31.4 Å². The molecule has 1 aromatic carbocycles. The first-order chi connectivity index (χ1) is 13.4. The molecule has 0 aliphatic heterocycles. The van der Waals surface area contributed by atoms with E-state index in [9.17, 15) is 14.7 Å². The Hall–Kier alpha value is -2.60. The molecule has 28 heavy (non-hydrogen) atoms. The second-order valence-electron chi connectivity index (χ2n) is 7.77. The molecule has 2 aliphatic carbocycles. The standard InChI is InChI=1S/C21H21ClN2O4/c1-21-9-3-2-4-15(21)18(21)19(25)24-23-11-13-6-8-17(28-13)12-5-7-16(22)14(10-12)20(26)27/h5-8,10-11,15,18H,2-4,9H2,1H3,(H,24,25)(H,26,27)/b23-11+. The number of rotatable bonds is 5. The fourth-order valence-electron chi connectivity index (χ4n) is 4.50. The van der Waals surface area contributed by atoms with Gasteiger partial charge >= 0.3 is 5.97 Å². The summed E-state index contributed by atoms with van der Waals surface area (Å²) in [5.41, 5.74) is 3.38. The molecule has 0 saturated heterocycles. The number of carbonyl (C=O) groups is 2. The molecule has 2 fully saturated rings. The third kappa shape index (κ3) is 3.33. The Morgan fingerprint density at radius 2 is 2.14 bits per heavy atom. The van der Waals surface area contributed by atoms with Gasteiger partial charge in [-0.2, -0.15) is 5.10 Å². The van der Waals surface area contributed by atoms with Crippen LogP contribution in [0.25, 0.3) is 11.3 Å². The van der Waals surface area contributed by atoms with Crippen molar-refractivity contribution in [1.82, 2.24) is 5.43 Å². The maximum absolute atomic E-state index is 12.4. The maximum Gasteiger partial charge on any atom is 0.337 e. The SMILES string of the molecule is CC12CCCCC1C2C(=O)N/N=C/c1ccc(-c2ccc(Cl)c(C(=O)O)c2)o1. The van der Waals surface area contributed by atoms with Gasteiger partial charge in [0.1, 0.15) is 11.5 Å². The smallest absolute Gasteiger partial charge is 0.337 e. The van der Waals surface area contributed by atoms with Crippen LogP contribution < -0.4 is 5.43 Å². The van der Waals surface area contributed by atoms with Crippen LogP contribution in [0.3, 0.4) is 0 Å². The molecule has 1 heterocycles. The Balaban J connectivity index is 1.41. The van der Waals surface area contributed by atoms with E-state index in [1.165, 1.54) is 31.2 Å². The topological polar surface area (TPSA) is 91.9 Å². The molecule has 2 N–H and O–H groups in total. The number of furan rings is 1. The van der Waals surface area contributed by atoms with Gasteiger partial charge in [0.05, 0.1) is 16.8 Å². The summed E-state index contributed by atoms with van der Waals surface area (Å²) in [5.74, 6) is 0.371. The molecule has 2 aromatic rings. The maximum atomic E-state index is 12.4. The number of amides is 1. The van der Waals surface area contributed by atoms with E-state index in [4.69, 9.17) is 16.0 Å². The van der Waals surface area contributed by atoms with Crippen molar-refractivity contribution in [2.45, 2.75) is 32.6 Å². The van der Waals surface area contributed by atoms with Gasteiger partial charge in [0.15, 0.2) is 0 Å². The predicted octanol–water partition coefficient (Wildman–Crippen LogP) is 4.57. The molecule has 1 amide bonds. The second-order valence-corrected chi connectivity index (χ2v) is 8.18. The van der Waals surface area contributed by atoms with E-state index in [0.717, 1.165) is 12.8 Å². The molecular formula is C21H21ClN2O4. The van der Waals surface area contributed by atoms with E-state index in [2.05, 4.69) is 17.5 Å². The Labute approximate surface area is 167 Å². The zero-order valence-electron chi connectivity index (χ0n) is 15.4. The van der Waals surface area contributed by atoms with Crippen molar-refractivity contribution in [3.63, 3.8) is 0 Å². The molecular weight excluding hydrogens is 380 g/mol. The zero-order valence-corrected chi connectivity index (χ0v) is 16.2. The first-order valence-corrected chi connectivity index (χ1v) is 9.74. The number of carboxylic acid groups (broad SMARTS) is 1. The van der Waals surface area contributed by atoms with Crippen LogP contribution in [0.5, 0.6) is 0 Å². The number of carboxylic acids is 1. The lowest BCUT2D eigenvalue weighted by atomic mass is 9.90. The number of nitrogens with one attached hydrogen (secondary N) is 1. The number of benzene rings is 1. The molecule has 3 unspecified atom stereocenters. The number of carbonyl (C=O) groups excluding carboxylic acids is 1. The van der Waals surface area contributed by atoms with E-state index in [1.54, 1.807) is 18.2 Å². The minimum absolute atomic E-state index is 0.0115. The van der Waals surface area contributed by atoms with Gasteiger partial charge in [0, 0.05) is 11.5 Å². The van der Waals surface area contributed by atoms with Gasteiger partial charge < -0.3 is 9.52 Å². The fraction of sp³-hybridized carbons (Fsp3) is 0.381. The Morgan fingerprint density at radius 1 is 1.32 bits per heavy atom. The van der Waals surface area contributed by atoms with E-state index >= 15 is 0 Å². The van der Waals surface area contributed by atoms with Crippen LogP contribution in [0, 0.1) is 17.3 Å². The van der Waals surface area contributed by atoms with Gasteiger partial charge in [-0.05, 0) is 54.5 Å². The number of nitrogens with zero attached hydrogens (tertiary/aromatic N) is 1. The largest absolute Gasteiger partial charge is 0.478 e. The Morgan fingerprint density at radius 3 is 2.86 bits per heavy atom. The van der Waals surface area contributed by atoms with Gasteiger partial charge in [0.25, 0.3) is 0 Å². The van der Waals surface area contributed by atoms with Crippen molar-refractivity contribution in [2.24, 2.45) is 22.4 Å². The average molecular weight is 401 g/mol. The molecule has 3 atom stereocenters. The molecule has 2 saturated carbocycles. The number of aromatic carboxylic acids is 1. The highest BCUT2D eigenvalue weighted by Crippen LogP contribution is 2.66. The number of hydrogen-bond acceptors (Lipinski definition) is 4. The van der Waals surface area contributed by atoms with Crippen molar-refractivity contribution >= 4 is 29.7 Å².